The van der Waals surface area contributed by atoms with Gasteiger partial charge in [0.25, 0.3) is 0 Å². The highest BCUT2D eigenvalue weighted by molar-refractivity contribution is 8.62. The van der Waals surface area contributed by atoms with E-state index in [1.807, 2.05) is 20.8 Å². The molecule has 0 aromatic rings. The third-order valence-electron chi connectivity index (χ3n) is 0.612. The van der Waals surface area contributed by atoms with Crippen LogP contribution in [0.2, 0.25) is 0 Å². The largest absolute Gasteiger partial charge is 0.756 e. The first-order valence-electron chi connectivity index (χ1n) is 3.03. The lowest BCUT2D eigenvalue weighted by Gasteiger charge is -2.20. The Bertz CT molecular complexity index is 169. The minimum atomic E-state index is -2.70. The molecule has 0 aliphatic rings. The molecule has 0 N–H and O–H groups in total. The summed E-state index contributed by atoms with van der Waals surface area (Å²) >= 11 is 5.08. The van der Waals surface area contributed by atoms with Gasteiger partial charge < -0.3 is 4.89 Å². The van der Waals surface area contributed by atoms with Crippen LogP contribution < -0.4 is 4.89 Å². The zero-order valence-electron chi connectivity index (χ0n) is 7.03. The van der Waals surface area contributed by atoms with Crippen LogP contribution in [0.25, 0.3) is 0 Å². The molecule has 0 aliphatic carbocycles. The van der Waals surface area contributed by atoms with Gasteiger partial charge in [-0.3, -0.25) is 0 Å². The molecule has 2 nitrogen and oxygen atoms in total. The van der Waals surface area contributed by atoms with Gasteiger partial charge in [0.05, 0.1) is 0 Å². The number of hydrogen-bond acceptors (Lipinski definition) is 3. The molecule has 0 bridgehead atoms. The molecule has 0 amide bonds. The lowest BCUT2D eigenvalue weighted by Crippen LogP contribution is -2.09. The average molecular weight is 232 g/mol. The van der Waals surface area contributed by atoms with Crippen molar-refractivity contribution < 1.29 is 8.86 Å². The van der Waals surface area contributed by atoms with Crippen molar-refractivity contribution in [1.29, 1.82) is 0 Å². The number of hydrogen-bond donors (Lipinski definition) is 1. The SMILES string of the molecule is C[S+]=P([O-])(S)OSC(C)(C)C. The van der Waals surface area contributed by atoms with Crippen LogP contribution in [0.1, 0.15) is 20.8 Å². The third kappa shape index (κ3) is 7.62. The summed E-state index contributed by atoms with van der Waals surface area (Å²) in [5, 5.41) is 0. The summed E-state index contributed by atoms with van der Waals surface area (Å²) in [6.45, 7) is 5.98. The minimum Gasteiger partial charge on any atom is -0.756 e. The van der Waals surface area contributed by atoms with E-state index < -0.39 is 5.69 Å². The van der Waals surface area contributed by atoms with Gasteiger partial charge in [-0.1, -0.05) is 12.2 Å². The maximum absolute atomic E-state index is 11.2. The first-order chi connectivity index (χ1) is 4.77. The Kier molecular flexibility index (Phi) is 5.01. The first kappa shape index (κ1) is 12.3. The van der Waals surface area contributed by atoms with Gasteiger partial charge in [-0.25, -0.2) is 3.97 Å². The van der Waals surface area contributed by atoms with Crippen LogP contribution in [0, 0.1) is 0 Å². The van der Waals surface area contributed by atoms with Crippen LogP contribution in [0.5, 0.6) is 0 Å². The highest BCUT2D eigenvalue weighted by Gasteiger charge is 2.17. The second kappa shape index (κ2) is 4.49. The van der Waals surface area contributed by atoms with Gasteiger partial charge in [0, 0.05) is 16.8 Å². The molecule has 1 unspecified atom stereocenters. The van der Waals surface area contributed by atoms with Crippen molar-refractivity contribution in [2.45, 2.75) is 25.5 Å². The molecule has 0 radical (unpaired) electrons. The summed E-state index contributed by atoms with van der Waals surface area (Å²) in [6.07, 6.45) is 1.72. The second-order valence-corrected chi connectivity index (χ2v) is 11.1. The molecule has 11 heavy (non-hydrogen) atoms. The zero-order valence-corrected chi connectivity index (χ0v) is 10.4. The van der Waals surface area contributed by atoms with Gasteiger partial charge in [0.15, 0.2) is 17.2 Å². The molecule has 0 aliphatic heterocycles. The highest BCUT2D eigenvalue weighted by Crippen LogP contribution is 2.50. The molecule has 0 rings (SSSR count). The zero-order chi connectivity index (χ0) is 9.12. The molecule has 0 aromatic carbocycles. The predicted octanol–water partition coefficient (Wildman–Crippen LogP) is 2.13. The Balaban J connectivity index is 3.91. The summed E-state index contributed by atoms with van der Waals surface area (Å²) < 4.78 is 5.01. The van der Waals surface area contributed by atoms with Crippen molar-refractivity contribution in [2.75, 3.05) is 6.26 Å². The van der Waals surface area contributed by atoms with Crippen molar-refractivity contribution in [3.8, 4) is 0 Å². The van der Waals surface area contributed by atoms with Crippen molar-refractivity contribution in [2.24, 2.45) is 0 Å². The Morgan fingerprint density at radius 3 is 2.27 bits per heavy atom. The summed E-state index contributed by atoms with van der Waals surface area (Å²) in [7, 11) is 1.14. The van der Waals surface area contributed by atoms with Crippen LogP contribution in [-0.2, 0) is 14.9 Å². The Hall–Kier alpha value is 1.27. The Morgan fingerprint density at radius 2 is 2.00 bits per heavy atom. The molecule has 0 spiro atoms. The molecule has 0 aromatic heterocycles. The normalized spacial score (nSPS) is 17.6. The third-order valence-corrected chi connectivity index (χ3v) is 6.63. The van der Waals surface area contributed by atoms with Crippen LogP contribution >= 0.6 is 30.0 Å². The smallest absolute Gasteiger partial charge is 0.248 e. The van der Waals surface area contributed by atoms with Crippen molar-refractivity contribution >= 4 is 40.9 Å². The van der Waals surface area contributed by atoms with Crippen LogP contribution in [0.15, 0.2) is 0 Å². The molecule has 6 heteroatoms. The molecule has 0 heterocycles. The molecule has 0 fully saturated rings. The quantitative estimate of drug-likeness (QED) is 0.342. The van der Waals surface area contributed by atoms with E-state index >= 15 is 0 Å². The first-order valence-corrected chi connectivity index (χ1v) is 8.38. The minimum absolute atomic E-state index is 0.0336. The predicted molar refractivity (Wildman–Crippen MR) is 57.6 cm³/mol. The van der Waals surface area contributed by atoms with E-state index in [4.69, 9.17) is 3.97 Å². The second-order valence-electron chi connectivity index (χ2n) is 2.92. The van der Waals surface area contributed by atoms with Crippen LogP contribution in [-0.4, -0.2) is 11.0 Å². The molecule has 0 saturated carbocycles. The van der Waals surface area contributed by atoms with E-state index in [1.165, 1.54) is 12.0 Å². The van der Waals surface area contributed by atoms with Crippen LogP contribution in [0.3, 0.4) is 0 Å². The van der Waals surface area contributed by atoms with E-state index in [-0.39, 0.29) is 4.75 Å². The summed E-state index contributed by atoms with van der Waals surface area (Å²) in [5.41, 5.74) is -2.70. The molecular formula is C5H13O2PS3. The maximum Gasteiger partial charge on any atom is 0.248 e. The van der Waals surface area contributed by atoms with E-state index in [0.29, 0.717) is 0 Å². The van der Waals surface area contributed by atoms with Crippen molar-refractivity contribution in [3.63, 3.8) is 0 Å². The van der Waals surface area contributed by atoms with Gasteiger partial charge in [0.1, 0.15) is 0 Å². The van der Waals surface area contributed by atoms with E-state index in [0.717, 1.165) is 10.9 Å². The monoisotopic (exact) mass is 232 g/mol. The standard InChI is InChI=1S/C5H13O2PS3/c1-5(2,3)11-7-8(6,9)10-4/h1-4H3,(H-,6,9). The Morgan fingerprint density at radius 1 is 1.55 bits per heavy atom. The van der Waals surface area contributed by atoms with Crippen molar-refractivity contribution in [3.05, 3.63) is 0 Å². The lowest BCUT2D eigenvalue weighted by molar-refractivity contribution is -0.167. The van der Waals surface area contributed by atoms with E-state index in [9.17, 15) is 4.89 Å². The fourth-order valence-corrected chi connectivity index (χ4v) is 2.83. The maximum atomic E-state index is 11.2. The highest BCUT2D eigenvalue weighted by atomic mass is 32.9. The summed E-state index contributed by atoms with van der Waals surface area (Å²) in [5.74, 6) is 0. The topological polar surface area (TPSA) is 32.3 Å². The fourth-order valence-electron chi connectivity index (χ4n) is 0.189. The average Bonchev–Trinajstić information content (AvgIpc) is 1.83. The summed E-state index contributed by atoms with van der Waals surface area (Å²) in [4.78, 5) is 11.2. The number of thiol groups is 1. The van der Waals surface area contributed by atoms with Crippen LogP contribution in [0.4, 0.5) is 0 Å². The van der Waals surface area contributed by atoms with Gasteiger partial charge in [-0.2, -0.15) is 0 Å². The fraction of sp³-hybridized carbons (Fsp3) is 1.00. The number of rotatable bonds is 2. The molecule has 0 saturated heterocycles. The summed E-state index contributed by atoms with van der Waals surface area (Å²) in [6, 6.07) is 0. The lowest BCUT2D eigenvalue weighted by atomic mass is 10.3. The van der Waals surface area contributed by atoms with Gasteiger partial charge in [-0.15, -0.1) is 0 Å². The van der Waals surface area contributed by atoms with Crippen molar-refractivity contribution in [1.82, 2.24) is 0 Å². The van der Waals surface area contributed by atoms with Gasteiger partial charge >= 0.3 is 0 Å². The Labute approximate surface area is 81.6 Å². The molecule has 1 atom stereocenters. The van der Waals surface area contributed by atoms with Gasteiger partial charge in [0.2, 0.25) is 5.69 Å². The van der Waals surface area contributed by atoms with E-state index in [1.54, 1.807) is 6.26 Å². The molecular weight excluding hydrogens is 219 g/mol. The van der Waals surface area contributed by atoms with Gasteiger partial charge in [-0.05, 0) is 20.8 Å². The van der Waals surface area contributed by atoms with E-state index in [2.05, 4.69) is 12.2 Å². The molecule has 68 valence electrons.